The Labute approximate surface area is 56.6 Å². The van der Waals surface area contributed by atoms with Crippen molar-refractivity contribution in [2.45, 2.75) is 37.8 Å². The van der Waals surface area contributed by atoms with Gasteiger partial charge in [-0.15, -0.1) is 0 Å². The third kappa shape index (κ3) is 2.33. The van der Waals surface area contributed by atoms with Crippen molar-refractivity contribution in [2.75, 3.05) is 0 Å². The van der Waals surface area contributed by atoms with E-state index in [1.165, 1.54) is 19.3 Å². The molecule has 0 amide bonds. The van der Waals surface area contributed by atoms with Gasteiger partial charge in [-0.1, -0.05) is 19.3 Å². The van der Waals surface area contributed by atoms with Gasteiger partial charge in [-0.05, 0) is 19.3 Å². The van der Waals surface area contributed by atoms with Crippen molar-refractivity contribution in [1.29, 1.82) is 0 Å². The molecular formula is C7H15N2. The van der Waals surface area contributed by atoms with E-state index in [0.29, 0.717) is 0 Å². The van der Waals surface area contributed by atoms with E-state index in [4.69, 9.17) is 11.5 Å². The van der Waals surface area contributed by atoms with Crippen LogP contribution in [0, 0.1) is 6.42 Å². The van der Waals surface area contributed by atoms with Crippen LogP contribution in [0.4, 0.5) is 0 Å². The Morgan fingerprint density at radius 2 is 1.89 bits per heavy atom. The third-order valence-corrected chi connectivity index (χ3v) is 1.84. The van der Waals surface area contributed by atoms with Crippen molar-refractivity contribution >= 4 is 0 Å². The quantitative estimate of drug-likeness (QED) is 0.373. The van der Waals surface area contributed by atoms with Crippen molar-refractivity contribution < 1.29 is 0 Å². The second kappa shape index (κ2) is 2.67. The third-order valence-electron chi connectivity index (χ3n) is 1.84. The van der Waals surface area contributed by atoms with Gasteiger partial charge in [-0.25, -0.2) is 0 Å². The minimum atomic E-state index is -0.462. The highest BCUT2D eigenvalue weighted by atomic mass is 14.9. The van der Waals surface area contributed by atoms with Gasteiger partial charge in [-0.2, -0.15) is 0 Å². The minimum Gasteiger partial charge on any atom is -0.313 e. The molecule has 1 aliphatic carbocycles. The van der Waals surface area contributed by atoms with Crippen LogP contribution in [0.15, 0.2) is 0 Å². The molecule has 0 aliphatic heterocycles. The van der Waals surface area contributed by atoms with E-state index >= 15 is 0 Å². The molecule has 0 unspecified atom stereocenters. The molecule has 4 N–H and O–H groups in total. The topological polar surface area (TPSA) is 52.0 Å². The van der Waals surface area contributed by atoms with Crippen molar-refractivity contribution in [3.63, 3.8) is 0 Å². The molecule has 1 rings (SSSR count). The van der Waals surface area contributed by atoms with E-state index in [0.717, 1.165) is 12.8 Å². The molecule has 0 aromatic carbocycles. The summed E-state index contributed by atoms with van der Waals surface area (Å²) in [5.74, 6) is 0. The standard InChI is InChI=1S/C7H15N2/c8-7(9)5-3-1-2-4-6-7/h5H,1-4,6,8-9H2. The van der Waals surface area contributed by atoms with Gasteiger partial charge in [0, 0.05) is 0 Å². The van der Waals surface area contributed by atoms with Gasteiger partial charge in [-0.3, -0.25) is 0 Å². The highest BCUT2D eigenvalue weighted by Crippen LogP contribution is 2.19. The number of hydrogen-bond acceptors (Lipinski definition) is 2. The second-order valence-corrected chi connectivity index (χ2v) is 2.92. The van der Waals surface area contributed by atoms with Crippen molar-refractivity contribution in [2.24, 2.45) is 11.5 Å². The first kappa shape index (κ1) is 7.03. The number of nitrogens with two attached hydrogens (primary N) is 2. The zero-order chi connectivity index (χ0) is 6.74. The SMILES string of the molecule is NC1(N)[CH]CCCCC1. The van der Waals surface area contributed by atoms with E-state index in [1.54, 1.807) is 0 Å². The van der Waals surface area contributed by atoms with Gasteiger partial charge in [0.25, 0.3) is 0 Å². The molecule has 0 heterocycles. The Kier molecular flexibility index (Phi) is 2.09. The van der Waals surface area contributed by atoms with Crippen LogP contribution in [0.3, 0.4) is 0 Å². The summed E-state index contributed by atoms with van der Waals surface area (Å²) in [6.45, 7) is 0. The summed E-state index contributed by atoms with van der Waals surface area (Å²) < 4.78 is 0. The fraction of sp³-hybridized carbons (Fsp3) is 0.857. The lowest BCUT2D eigenvalue weighted by molar-refractivity contribution is 0.465. The summed E-state index contributed by atoms with van der Waals surface area (Å²) >= 11 is 0. The molecule has 0 spiro atoms. The van der Waals surface area contributed by atoms with E-state index in [9.17, 15) is 0 Å². The fourth-order valence-corrected chi connectivity index (χ4v) is 1.23. The molecular weight excluding hydrogens is 112 g/mol. The molecule has 53 valence electrons. The summed E-state index contributed by atoms with van der Waals surface area (Å²) in [5, 5.41) is 0. The normalized spacial score (nSPS) is 27.3. The molecule has 0 bridgehead atoms. The maximum Gasteiger partial charge on any atom is 0.0669 e. The van der Waals surface area contributed by atoms with Crippen molar-refractivity contribution in [3.8, 4) is 0 Å². The second-order valence-electron chi connectivity index (χ2n) is 2.92. The Balaban J connectivity index is 2.36. The lowest BCUT2D eigenvalue weighted by atomic mass is 10.0. The van der Waals surface area contributed by atoms with Crippen LogP contribution < -0.4 is 11.5 Å². The highest BCUT2D eigenvalue weighted by Gasteiger charge is 2.20. The Morgan fingerprint density at radius 3 is 2.67 bits per heavy atom. The first-order valence-electron chi connectivity index (χ1n) is 3.63. The van der Waals surface area contributed by atoms with Gasteiger partial charge in [0.15, 0.2) is 0 Å². The number of hydrogen-bond donors (Lipinski definition) is 2. The first-order chi connectivity index (χ1) is 4.21. The maximum absolute atomic E-state index is 5.70. The minimum absolute atomic E-state index is 0.462. The van der Waals surface area contributed by atoms with Gasteiger partial charge in [0.2, 0.25) is 0 Å². The molecule has 1 radical (unpaired) electrons. The predicted molar refractivity (Wildman–Crippen MR) is 38.5 cm³/mol. The van der Waals surface area contributed by atoms with Crippen LogP contribution in [0.5, 0.6) is 0 Å². The van der Waals surface area contributed by atoms with E-state index in [-0.39, 0.29) is 0 Å². The monoisotopic (exact) mass is 127 g/mol. The molecule has 0 atom stereocenters. The Morgan fingerprint density at radius 1 is 1.11 bits per heavy atom. The van der Waals surface area contributed by atoms with E-state index < -0.39 is 5.66 Å². The van der Waals surface area contributed by atoms with Gasteiger partial charge < -0.3 is 11.5 Å². The molecule has 1 aliphatic rings. The smallest absolute Gasteiger partial charge is 0.0669 e. The number of rotatable bonds is 0. The van der Waals surface area contributed by atoms with Crippen molar-refractivity contribution in [3.05, 3.63) is 6.42 Å². The zero-order valence-electron chi connectivity index (χ0n) is 5.77. The highest BCUT2D eigenvalue weighted by molar-refractivity contribution is 4.93. The van der Waals surface area contributed by atoms with Gasteiger partial charge in [0.1, 0.15) is 0 Å². The molecule has 1 saturated carbocycles. The summed E-state index contributed by atoms with van der Waals surface area (Å²) in [6, 6.07) is 0. The van der Waals surface area contributed by atoms with Crippen LogP contribution in [0.1, 0.15) is 32.1 Å². The van der Waals surface area contributed by atoms with Crippen LogP contribution in [0.2, 0.25) is 0 Å². The van der Waals surface area contributed by atoms with E-state index in [1.807, 2.05) is 6.42 Å². The fourth-order valence-electron chi connectivity index (χ4n) is 1.23. The molecule has 1 fully saturated rings. The van der Waals surface area contributed by atoms with Crippen LogP contribution in [0.25, 0.3) is 0 Å². The van der Waals surface area contributed by atoms with E-state index in [2.05, 4.69) is 0 Å². The lowest BCUT2D eigenvalue weighted by Gasteiger charge is -2.20. The zero-order valence-corrected chi connectivity index (χ0v) is 5.77. The predicted octanol–water partition coefficient (Wildman–Crippen LogP) is 0.768. The van der Waals surface area contributed by atoms with Crippen LogP contribution in [-0.4, -0.2) is 5.66 Å². The molecule has 2 heteroatoms. The average Bonchev–Trinajstić information content (AvgIpc) is 1.92. The molecule has 2 nitrogen and oxygen atoms in total. The molecule has 0 aromatic rings. The maximum atomic E-state index is 5.70. The van der Waals surface area contributed by atoms with Gasteiger partial charge >= 0.3 is 0 Å². The molecule has 0 aromatic heterocycles. The average molecular weight is 127 g/mol. The Bertz CT molecular complexity index is 78.9. The lowest BCUT2D eigenvalue weighted by Crippen LogP contribution is -2.49. The summed E-state index contributed by atoms with van der Waals surface area (Å²) in [7, 11) is 0. The van der Waals surface area contributed by atoms with Crippen molar-refractivity contribution in [1.82, 2.24) is 0 Å². The largest absolute Gasteiger partial charge is 0.313 e. The summed E-state index contributed by atoms with van der Waals surface area (Å²) in [4.78, 5) is 0. The molecule has 9 heavy (non-hydrogen) atoms. The van der Waals surface area contributed by atoms with Crippen LogP contribution in [-0.2, 0) is 0 Å². The first-order valence-corrected chi connectivity index (χ1v) is 3.63. The molecule has 0 saturated heterocycles. The summed E-state index contributed by atoms with van der Waals surface area (Å²) in [6.07, 6.45) is 7.81. The van der Waals surface area contributed by atoms with Gasteiger partial charge in [0.05, 0.1) is 5.66 Å². The van der Waals surface area contributed by atoms with Crippen LogP contribution >= 0.6 is 0 Å². The summed E-state index contributed by atoms with van der Waals surface area (Å²) in [5.41, 5.74) is 10.9. The Hall–Kier alpha value is -0.0800.